The molecule has 2 heterocycles. The monoisotopic (exact) mass is 495 g/mol. The van der Waals surface area contributed by atoms with Gasteiger partial charge in [-0.1, -0.05) is 35.9 Å². The molecule has 2 aromatic rings. The van der Waals surface area contributed by atoms with E-state index in [1.54, 1.807) is 19.1 Å². The van der Waals surface area contributed by atoms with Crippen LogP contribution in [0.25, 0.3) is 0 Å². The Hall–Kier alpha value is -3.10. The van der Waals surface area contributed by atoms with Crippen LogP contribution in [0.1, 0.15) is 29.2 Å². The Labute approximate surface area is 213 Å². The number of hydrogen-bond acceptors (Lipinski definition) is 6. The fourth-order valence-electron chi connectivity index (χ4n) is 4.83. The first-order chi connectivity index (χ1) is 17.5. The Morgan fingerprint density at radius 3 is 2.50 bits per heavy atom. The highest BCUT2D eigenvalue weighted by Crippen LogP contribution is 2.28. The maximum absolute atomic E-state index is 13.3. The summed E-state index contributed by atoms with van der Waals surface area (Å²) in [7, 11) is 3.22. The van der Waals surface area contributed by atoms with Crippen molar-refractivity contribution in [3.8, 4) is 11.5 Å². The second-order valence-corrected chi connectivity index (χ2v) is 9.56. The average Bonchev–Trinajstić information content (AvgIpc) is 3.28. The van der Waals surface area contributed by atoms with Gasteiger partial charge in [-0.15, -0.1) is 0 Å². The van der Waals surface area contributed by atoms with Crippen LogP contribution in [-0.4, -0.2) is 81.8 Å². The molecule has 2 aliphatic rings. The Bertz CT molecular complexity index is 1040. The molecule has 0 aromatic heterocycles. The van der Waals surface area contributed by atoms with E-state index in [0.29, 0.717) is 44.2 Å². The van der Waals surface area contributed by atoms with Crippen molar-refractivity contribution in [2.24, 2.45) is 5.92 Å². The lowest BCUT2D eigenvalue weighted by Gasteiger charge is -2.31. The van der Waals surface area contributed by atoms with Gasteiger partial charge in [0.05, 0.1) is 39.4 Å². The number of morpholine rings is 1. The zero-order valence-corrected chi connectivity index (χ0v) is 21.5. The number of ether oxygens (including phenoxy) is 3. The molecule has 0 saturated carbocycles. The van der Waals surface area contributed by atoms with Crippen molar-refractivity contribution in [2.45, 2.75) is 25.8 Å². The van der Waals surface area contributed by atoms with Gasteiger partial charge in [0, 0.05) is 39.1 Å². The molecule has 1 N–H and O–H groups in total. The Balaban J connectivity index is 1.36. The lowest BCUT2D eigenvalue weighted by Crippen LogP contribution is -2.44. The first-order valence-electron chi connectivity index (χ1n) is 12.6. The SMILES string of the molecule is COc1ccc(CCN2CC(C(=O)NC(CN3CCOCC3)c3ccc(C)cc3)CC2=O)cc1OC. The minimum atomic E-state index is -0.347. The van der Waals surface area contributed by atoms with E-state index < -0.39 is 0 Å². The highest BCUT2D eigenvalue weighted by molar-refractivity contribution is 5.89. The first kappa shape index (κ1) is 26.0. The number of rotatable bonds is 10. The molecular formula is C28H37N3O5. The van der Waals surface area contributed by atoms with Gasteiger partial charge in [0.2, 0.25) is 11.8 Å². The average molecular weight is 496 g/mol. The number of nitrogens with zero attached hydrogens (tertiary/aromatic N) is 2. The molecule has 2 aliphatic heterocycles. The van der Waals surface area contributed by atoms with Crippen molar-refractivity contribution >= 4 is 11.8 Å². The second-order valence-electron chi connectivity index (χ2n) is 9.56. The van der Waals surface area contributed by atoms with Crippen LogP contribution < -0.4 is 14.8 Å². The lowest BCUT2D eigenvalue weighted by atomic mass is 10.0. The molecule has 0 spiro atoms. The number of nitrogens with one attached hydrogen (secondary N) is 1. The molecule has 2 atom stereocenters. The summed E-state index contributed by atoms with van der Waals surface area (Å²) in [6.07, 6.45) is 0.930. The van der Waals surface area contributed by atoms with Crippen LogP contribution >= 0.6 is 0 Å². The van der Waals surface area contributed by atoms with Crippen molar-refractivity contribution < 1.29 is 23.8 Å². The zero-order chi connectivity index (χ0) is 25.5. The third-order valence-electron chi connectivity index (χ3n) is 7.04. The van der Waals surface area contributed by atoms with E-state index in [-0.39, 0.29) is 30.2 Å². The molecule has 0 bridgehead atoms. The summed E-state index contributed by atoms with van der Waals surface area (Å²) in [4.78, 5) is 30.1. The van der Waals surface area contributed by atoms with Crippen molar-refractivity contribution in [1.29, 1.82) is 0 Å². The van der Waals surface area contributed by atoms with Gasteiger partial charge >= 0.3 is 0 Å². The molecule has 4 rings (SSSR count). The molecule has 8 heteroatoms. The van der Waals surface area contributed by atoms with E-state index in [0.717, 1.165) is 30.8 Å². The number of amides is 2. The highest BCUT2D eigenvalue weighted by atomic mass is 16.5. The molecule has 36 heavy (non-hydrogen) atoms. The third kappa shape index (κ3) is 6.56. The fourth-order valence-corrected chi connectivity index (χ4v) is 4.83. The number of carbonyl (C=O) groups excluding carboxylic acids is 2. The summed E-state index contributed by atoms with van der Waals surface area (Å²) in [5.74, 6) is 0.963. The number of benzene rings is 2. The maximum atomic E-state index is 13.3. The summed E-state index contributed by atoms with van der Waals surface area (Å²) in [6, 6.07) is 13.9. The molecule has 8 nitrogen and oxygen atoms in total. The number of methoxy groups -OCH3 is 2. The van der Waals surface area contributed by atoms with Crippen molar-refractivity contribution in [2.75, 3.05) is 60.2 Å². The Morgan fingerprint density at radius 2 is 1.81 bits per heavy atom. The van der Waals surface area contributed by atoms with Gasteiger partial charge in [-0.2, -0.15) is 0 Å². The van der Waals surface area contributed by atoms with Crippen molar-refractivity contribution in [1.82, 2.24) is 15.1 Å². The summed E-state index contributed by atoms with van der Waals surface area (Å²) in [5.41, 5.74) is 3.31. The Kier molecular flexibility index (Phi) is 8.83. The number of aryl methyl sites for hydroxylation is 1. The highest BCUT2D eigenvalue weighted by Gasteiger charge is 2.35. The van der Waals surface area contributed by atoms with Gasteiger partial charge in [0.25, 0.3) is 0 Å². The molecule has 0 radical (unpaired) electrons. The van der Waals surface area contributed by atoms with Crippen LogP contribution in [0.2, 0.25) is 0 Å². The van der Waals surface area contributed by atoms with Gasteiger partial charge in [-0.25, -0.2) is 0 Å². The van der Waals surface area contributed by atoms with Crippen LogP contribution in [0.4, 0.5) is 0 Å². The topological polar surface area (TPSA) is 80.3 Å². The van der Waals surface area contributed by atoms with E-state index in [1.165, 1.54) is 5.56 Å². The van der Waals surface area contributed by atoms with Crippen molar-refractivity contribution in [3.05, 3.63) is 59.2 Å². The predicted molar refractivity (Wildman–Crippen MR) is 137 cm³/mol. The van der Waals surface area contributed by atoms with E-state index >= 15 is 0 Å². The Morgan fingerprint density at radius 1 is 1.08 bits per heavy atom. The largest absolute Gasteiger partial charge is 0.493 e. The fraction of sp³-hybridized carbons (Fsp3) is 0.500. The molecule has 2 unspecified atom stereocenters. The first-order valence-corrected chi connectivity index (χ1v) is 12.6. The molecule has 2 aromatic carbocycles. The smallest absolute Gasteiger partial charge is 0.225 e. The van der Waals surface area contributed by atoms with Crippen LogP contribution in [-0.2, 0) is 20.7 Å². The zero-order valence-electron chi connectivity index (χ0n) is 21.5. The second kappa shape index (κ2) is 12.2. The minimum Gasteiger partial charge on any atom is -0.493 e. The molecule has 194 valence electrons. The third-order valence-corrected chi connectivity index (χ3v) is 7.04. The summed E-state index contributed by atoms with van der Waals surface area (Å²) in [5, 5.41) is 3.25. The van der Waals surface area contributed by atoms with Gasteiger partial charge in [0.15, 0.2) is 11.5 Å². The van der Waals surface area contributed by atoms with E-state index in [2.05, 4.69) is 41.4 Å². The molecule has 0 aliphatic carbocycles. The van der Waals surface area contributed by atoms with Gasteiger partial charge < -0.3 is 24.4 Å². The van der Waals surface area contributed by atoms with Crippen LogP contribution in [0.3, 0.4) is 0 Å². The molecule has 2 saturated heterocycles. The number of hydrogen-bond donors (Lipinski definition) is 1. The van der Waals surface area contributed by atoms with Gasteiger partial charge in [-0.05, 0) is 36.6 Å². The van der Waals surface area contributed by atoms with Crippen LogP contribution in [0.15, 0.2) is 42.5 Å². The van der Waals surface area contributed by atoms with E-state index in [4.69, 9.17) is 14.2 Å². The van der Waals surface area contributed by atoms with E-state index in [9.17, 15) is 9.59 Å². The standard InChI is InChI=1S/C28H37N3O5/c1-20-4-7-22(8-5-20)24(19-30-12-14-36-15-13-30)29-28(33)23-17-27(32)31(18-23)11-10-21-6-9-25(34-2)26(16-21)35-3/h4-9,16,23-24H,10-15,17-19H2,1-3H3,(H,29,33). The van der Waals surface area contributed by atoms with Gasteiger partial charge in [-0.3, -0.25) is 14.5 Å². The van der Waals surface area contributed by atoms with E-state index in [1.807, 2.05) is 18.2 Å². The lowest BCUT2D eigenvalue weighted by molar-refractivity contribution is -0.129. The number of carbonyl (C=O) groups is 2. The van der Waals surface area contributed by atoms with Crippen LogP contribution in [0, 0.1) is 12.8 Å². The molecule has 2 fully saturated rings. The molecular weight excluding hydrogens is 458 g/mol. The summed E-state index contributed by atoms with van der Waals surface area (Å²) >= 11 is 0. The van der Waals surface area contributed by atoms with Crippen molar-refractivity contribution in [3.63, 3.8) is 0 Å². The summed E-state index contributed by atoms with van der Waals surface area (Å²) in [6.45, 7) is 6.90. The molecule has 2 amide bonds. The van der Waals surface area contributed by atoms with Gasteiger partial charge in [0.1, 0.15) is 0 Å². The maximum Gasteiger partial charge on any atom is 0.225 e. The normalized spacial score (nSPS) is 19.2. The minimum absolute atomic E-state index is 0.0238. The predicted octanol–water partition coefficient (Wildman–Crippen LogP) is 2.59. The number of likely N-dealkylation sites (tertiary alicyclic amines) is 1. The summed E-state index contributed by atoms with van der Waals surface area (Å²) < 4.78 is 16.2. The van der Waals surface area contributed by atoms with Crippen LogP contribution in [0.5, 0.6) is 11.5 Å². The quantitative estimate of drug-likeness (QED) is 0.546.